The third kappa shape index (κ3) is 3.74. The van der Waals surface area contributed by atoms with Gasteiger partial charge in [-0.1, -0.05) is 24.3 Å². The Kier molecular flexibility index (Phi) is 4.76. The van der Waals surface area contributed by atoms with Gasteiger partial charge >= 0.3 is 0 Å². The van der Waals surface area contributed by atoms with Crippen LogP contribution in [0.2, 0.25) is 0 Å². The molecule has 152 valence electrons. The number of aromatic nitrogens is 1. The van der Waals surface area contributed by atoms with Crippen LogP contribution in [0.15, 0.2) is 42.7 Å². The highest BCUT2D eigenvalue weighted by atomic mass is 16.5. The van der Waals surface area contributed by atoms with Gasteiger partial charge in [-0.3, -0.25) is 9.78 Å². The number of benzene rings is 1. The number of fused-ring (bicyclic) bond motifs is 1. The Hall–Kier alpha value is -2.44. The summed E-state index contributed by atoms with van der Waals surface area (Å²) in [5.41, 5.74) is 3.07. The maximum absolute atomic E-state index is 12.9. The number of nitrogens with zero attached hydrogens (tertiary/aromatic N) is 2. The predicted molar refractivity (Wildman–Crippen MR) is 107 cm³/mol. The lowest BCUT2D eigenvalue weighted by Gasteiger charge is -2.53. The van der Waals surface area contributed by atoms with Crippen molar-refractivity contribution in [2.24, 2.45) is 0 Å². The molecule has 29 heavy (non-hydrogen) atoms. The largest absolute Gasteiger partial charge is 0.480 e. The van der Waals surface area contributed by atoms with E-state index in [2.05, 4.69) is 11.1 Å². The van der Waals surface area contributed by atoms with Crippen molar-refractivity contribution in [1.29, 1.82) is 0 Å². The van der Waals surface area contributed by atoms with Gasteiger partial charge in [0.2, 0.25) is 0 Å². The van der Waals surface area contributed by atoms with Gasteiger partial charge in [-0.05, 0) is 36.1 Å². The van der Waals surface area contributed by atoms with E-state index in [-0.39, 0.29) is 17.6 Å². The summed E-state index contributed by atoms with van der Waals surface area (Å²) in [5, 5.41) is 0. The predicted octanol–water partition coefficient (Wildman–Crippen LogP) is 2.67. The summed E-state index contributed by atoms with van der Waals surface area (Å²) >= 11 is 0. The lowest BCUT2D eigenvalue weighted by Crippen LogP contribution is -2.68. The lowest BCUT2D eigenvalue weighted by atomic mass is 9.84. The van der Waals surface area contributed by atoms with Crippen LogP contribution in [0.4, 0.5) is 0 Å². The molecule has 0 radical (unpaired) electrons. The van der Waals surface area contributed by atoms with Crippen molar-refractivity contribution in [2.45, 2.75) is 50.6 Å². The fraction of sp³-hybridized carbons (Fsp3) is 0.478. The molecule has 0 N–H and O–H groups in total. The molecule has 2 fully saturated rings. The van der Waals surface area contributed by atoms with Crippen LogP contribution in [0.3, 0.4) is 0 Å². The number of hydrogen-bond acceptors (Lipinski definition) is 5. The summed E-state index contributed by atoms with van der Waals surface area (Å²) < 4.78 is 18.1. The summed E-state index contributed by atoms with van der Waals surface area (Å²) in [6.45, 7) is 4.50. The summed E-state index contributed by atoms with van der Waals surface area (Å²) in [6, 6.07) is 9.97. The van der Waals surface area contributed by atoms with Crippen LogP contribution in [0.1, 0.15) is 29.5 Å². The molecule has 2 atom stereocenters. The zero-order valence-corrected chi connectivity index (χ0v) is 16.7. The third-order valence-corrected chi connectivity index (χ3v) is 6.06. The standard InChI is InChI=1S/C23H26N2O4/c1-16-8-17(12-24-11-16)13-27-19-6-7-28-23(10-19)14-25(15-23)22(26)21-9-18-4-2-3-5-20(18)29-21/h2-5,8,11-12,19,21H,6-7,9-10,13-15H2,1H3. The minimum absolute atomic E-state index is 0.0595. The maximum atomic E-state index is 12.9. The first-order chi connectivity index (χ1) is 14.1. The van der Waals surface area contributed by atoms with E-state index in [0.717, 1.165) is 35.3 Å². The molecule has 0 aliphatic carbocycles. The van der Waals surface area contributed by atoms with Gasteiger partial charge in [0.25, 0.3) is 5.91 Å². The Morgan fingerprint density at radius 1 is 1.31 bits per heavy atom. The second kappa shape index (κ2) is 7.43. The Labute approximate surface area is 170 Å². The molecular formula is C23H26N2O4. The van der Waals surface area contributed by atoms with Crippen LogP contribution in [-0.2, 0) is 27.3 Å². The first-order valence-electron chi connectivity index (χ1n) is 10.3. The second-order valence-electron chi connectivity index (χ2n) is 8.44. The number of ether oxygens (including phenoxy) is 3. The highest BCUT2D eigenvalue weighted by molar-refractivity contribution is 5.83. The minimum atomic E-state index is -0.408. The van der Waals surface area contributed by atoms with E-state index in [1.807, 2.05) is 48.5 Å². The van der Waals surface area contributed by atoms with Crippen molar-refractivity contribution >= 4 is 5.91 Å². The lowest BCUT2D eigenvalue weighted by molar-refractivity contribution is -0.205. The average molecular weight is 394 g/mol. The Bertz CT molecular complexity index is 884. The van der Waals surface area contributed by atoms with Gasteiger partial charge in [0.1, 0.15) is 11.4 Å². The number of aryl methyl sites for hydroxylation is 1. The van der Waals surface area contributed by atoms with Gasteiger partial charge in [-0.2, -0.15) is 0 Å². The van der Waals surface area contributed by atoms with E-state index in [0.29, 0.717) is 32.7 Å². The molecular weight excluding hydrogens is 368 g/mol. The van der Waals surface area contributed by atoms with Crippen LogP contribution in [0.25, 0.3) is 0 Å². The maximum Gasteiger partial charge on any atom is 0.264 e. The van der Waals surface area contributed by atoms with Crippen LogP contribution in [0.5, 0.6) is 5.75 Å². The summed E-state index contributed by atoms with van der Waals surface area (Å²) in [5.74, 6) is 0.887. The summed E-state index contributed by atoms with van der Waals surface area (Å²) in [7, 11) is 0. The first kappa shape index (κ1) is 18.6. The van der Waals surface area contributed by atoms with E-state index in [4.69, 9.17) is 14.2 Å². The number of rotatable bonds is 4. The highest BCUT2D eigenvalue weighted by Gasteiger charge is 2.51. The second-order valence-corrected chi connectivity index (χ2v) is 8.44. The number of hydrogen-bond donors (Lipinski definition) is 0. The zero-order valence-electron chi connectivity index (χ0n) is 16.7. The van der Waals surface area contributed by atoms with E-state index in [1.54, 1.807) is 0 Å². The number of likely N-dealkylation sites (tertiary alicyclic amines) is 1. The van der Waals surface area contributed by atoms with Crippen molar-refractivity contribution in [3.8, 4) is 5.75 Å². The molecule has 3 aliphatic heterocycles. The summed E-state index contributed by atoms with van der Waals surface area (Å²) in [4.78, 5) is 18.9. The van der Waals surface area contributed by atoms with Gasteiger partial charge in [0.15, 0.2) is 6.10 Å². The molecule has 2 saturated heterocycles. The fourth-order valence-corrected chi connectivity index (χ4v) is 4.58. The van der Waals surface area contributed by atoms with E-state index >= 15 is 0 Å². The van der Waals surface area contributed by atoms with Crippen LogP contribution in [0, 0.1) is 6.92 Å². The SMILES string of the molecule is Cc1cncc(COC2CCOC3(C2)CN(C(=O)C2Cc4ccccc4O2)C3)c1. The molecule has 0 saturated carbocycles. The highest BCUT2D eigenvalue weighted by Crippen LogP contribution is 2.37. The van der Waals surface area contributed by atoms with Gasteiger partial charge in [0, 0.05) is 31.8 Å². The molecule has 2 aromatic rings. The smallest absolute Gasteiger partial charge is 0.264 e. The molecule has 1 aromatic carbocycles. The Morgan fingerprint density at radius 3 is 3.00 bits per heavy atom. The van der Waals surface area contributed by atoms with Crippen LogP contribution >= 0.6 is 0 Å². The molecule has 4 heterocycles. The summed E-state index contributed by atoms with van der Waals surface area (Å²) in [6.07, 6.45) is 5.79. The normalized spacial score (nSPS) is 24.7. The topological polar surface area (TPSA) is 60.9 Å². The van der Waals surface area contributed by atoms with Gasteiger partial charge in [0.05, 0.1) is 25.8 Å². The molecule has 1 aromatic heterocycles. The van der Waals surface area contributed by atoms with Crippen molar-refractivity contribution in [1.82, 2.24) is 9.88 Å². The monoisotopic (exact) mass is 394 g/mol. The van der Waals surface area contributed by atoms with Crippen LogP contribution < -0.4 is 4.74 Å². The molecule has 6 nitrogen and oxygen atoms in total. The number of carbonyl (C=O) groups is 1. The third-order valence-electron chi connectivity index (χ3n) is 6.06. The van der Waals surface area contributed by atoms with E-state index in [1.165, 1.54) is 0 Å². The van der Waals surface area contributed by atoms with E-state index < -0.39 is 6.10 Å². The molecule has 1 spiro atoms. The number of amides is 1. The molecule has 2 unspecified atom stereocenters. The Balaban J connectivity index is 1.14. The van der Waals surface area contributed by atoms with Crippen LogP contribution in [-0.4, -0.2) is 53.3 Å². The molecule has 1 amide bonds. The Morgan fingerprint density at radius 2 is 2.17 bits per heavy atom. The number of para-hydroxylation sites is 1. The number of carbonyl (C=O) groups excluding carboxylic acids is 1. The van der Waals surface area contributed by atoms with Gasteiger partial charge < -0.3 is 19.1 Å². The molecule has 5 rings (SSSR count). The molecule has 3 aliphatic rings. The van der Waals surface area contributed by atoms with Crippen molar-refractivity contribution in [3.63, 3.8) is 0 Å². The molecule has 0 bridgehead atoms. The fourth-order valence-electron chi connectivity index (χ4n) is 4.58. The van der Waals surface area contributed by atoms with Crippen molar-refractivity contribution in [3.05, 3.63) is 59.4 Å². The van der Waals surface area contributed by atoms with E-state index in [9.17, 15) is 4.79 Å². The quantitative estimate of drug-likeness (QED) is 0.798. The van der Waals surface area contributed by atoms with Gasteiger partial charge in [-0.25, -0.2) is 0 Å². The first-order valence-corrected chi connectivity index (χ1v) is 10.3. The van der Waals surface area contributed by atoms with Crippen molar-refractivity contribution in [2.75, 3.05) is 19.7 Å². The van der Waals surface area contributed by atoms with Crippen molar-refractivity contribution < 1.29 is 19.0 Å². The average Bonchev–Trinajstić information content (AvgIpc) is 3.14. The van der Waals surface area contributed by atoms with Gasteiger partial charge in [-0.15, -0.1) is 0 Å². The zero-order chi connectivity index (χ0) is 19.8. The minimum Gasteiger partial charge on any atom is -0.480 e. The molecule has 6 heteroatoms. The number of pyridine rings is 1.